The molecule has 2 aromatic heterocycles. The highest BCUT2D eigenvalue weighted by atomic mass is 16.1. The summed E-state index contributed by atoms with van der Waals surface area (Å²) in [6.45, 7) is 6.43. The maximum Gasteiger partial charge on any atom is 0.231 e. The number of piperazine rings is 1. The quantitative estimate of drug-likeness (QED) is 0.612. The number of nitrogens with zero attached hydrogens (tertiary/aromatic N) is 6. The van der Waals surface area contributed by atoms with Gasteiger partial charge in [-0.3, -0.25) is 9.69 Å². The number of carbonyl (C=O) groups excluding carboxylic acids is 1. The predicted octanol–water partition coefficient (Wildman–Crippen LogP) is 2.09. The SMILES string of the molecule is Cc1ccc(N2CCN(c3ncc(-c4cccc(CN(C)CC(N)=O)c4)cn3)CC2)nc1. The Morgan fingerprint density at radius 1 is 0.969 bits per heavy atom. The van der Waals surface area contributed by atoms with Crippen molar-refractivity contribution in [3.63, 3.8) is 0 Å². The predicted molar refractivity (Wildman–Crippen MR) is 126 cm³/mol. The molecule has 1 aliphatic rings. The number of benzene rings is 1. The Morgan fingerprint density at radius 2 is 1.69 bits per heavy atom. The lowest BCUT2D eigenvalue weighted by Gasteiger charge is -2.35. The van der Waals surface area contributed by atoms with Crippen molar-refractivity contribution in [1.29, 1.82) is 0 Å². The van der Waals surface area contributed by atoms with Crippen LogP contribution in [0.4, 0.5) is 11.8 Å². The van der Waals surface area contributed by atoms with E-state index in [1.54, 1.807) is 0 Å². The van der Waals surface area contributed by atoms with E-state index in [0.717, 1.165) is 54.6 Å². The van der Waals surface area contributed by atoms with Gasteiger partial charge in [0.15, 0.2) is 0 Å². The summed E-state index contributed by atoms with van der Waals surface area (Å²) < 4.78 is 0. The first-order valence-corrected chi connectivity index (χ1v) is 10.8. The first-order valence-electron chi connectivity index (χ1n) is 10.8. The van der Waals surface area contributed by atoms with E-state index < -0.39 is 0 Å². The number of likely N-dealkylation sites (N-methyl/N-ethyl adjacent to an activating group) is 1. The Balaban J connectivity index is 1.38. The minimum Gasteiger partial charge on any atom is -0.369 e. The van der Waals surface area contributed by atoms with Crippen molar-refractivity contribution in [2.75, 3.05) is 49.6 Å². The van der Waals surface area contributed by atoms with Gasteiger partial charge >= 0.3 is 0 Å². The number of nitrogens with two attached hydrogens (primary N) is 1. The molecule has 0 bridgehead atoms. The molecule has 1 saturated heterocycles. The van der Waals surface area contributed by atoms with Gasteiger partial charge in [-0.1, -0.05) is 24.3 Å². The highest BCUT2D eigenvalue weighted by Gasteiger charge is 2.20. The molecule has 8 nitrogen and oxygen atoms in total. The fourth-order valence-electron chi connectivity index (χ4n) is 3.90. The lowest BCUT2D eigenvalue weighted by molar-refractivity contribution is -0.118. The maximum absolute atomic E-state index is 11.1. The van der Waals surface area contributed by atoms with Crippen LogP contribution in [-0.4, -0.2) is 65.5 Å². The van der Waals surface area contributed by atoms with Crippen LogP contribution in [0.3, 0.4) is 0 Å². The molecule has 1 amide bonds. The summed E-state index contributed by atoms with van der Waals surface area (Å²) in [7, 11) is 1.88. The second kappa shape index (κ2) is 9.74. The van der Waals surface area contributed by atoms with E-state index >= 15 is 0 Å². The number of aryl methyl sites for hydroxylation is 1. The number of anilines is 2. The number of hydrogen-bond acceptors (Lipinski definition) is 7. The second-order valence-electron chi connectivity index (χ2n) is 8.28. The Morgan fingerprint density at radius 3 is 2.34 bits per heavy atom. The molecule has 3 aromatic rings. The number of primary amides is 1. The molecule has 0 aliphatic carbocycles. The normalized spacial score (nSPS) is 14.1. The van der Waals surface area contributed by atoms with Crippen molar-refractivity contribution >= 4 is 17.7 Å². The lowest BCUT2D eigenvalue weighted by Crippen LogP contribution is -2.47. The zero-order valence-electron chi connectivity index (χ0n) is 18.6. The number of pyridine rings is 1. The third-order valence-electron chi connectivity index (χ3n) is 5.56. The molecule has 0 saturated carbocycles. The van der Waals surface area contributed by atoms with Crippen LogP contribution in [0.2, 0.25) is 0 Å². The van der Waals surface area contributed by atoms with Crippen LogP contribution in [-0.2, 0) is 11.3 Å². The van der Waals surface area contributed by atoms with Crippen LogP contribution in [0.5, 0.6) is 0 Å². The number of aromatic nitrogens is 3. The van der Waals surface area contributed by atoms with Crippen molar-refractivity contribution in [3.8, 4) is 11.1 Å². The van der Waals surface area contributed by atoms with E-state index in [2.05, 4.69) is 49.9 Å². The van der Waals surface area contributed by atoms with E-state index in [-0.39, 0.29) is 12.5 Å². The summed E-state index contributed by atoms with van der Waals surface area (Å²) in [6, 6.07) is 12.4. The third kappa shape index (κ3) is 5.39. The molecule has 0 atom stereocenters. The van der Waals surface area contributed by atoms with E-state index in [0.29, 0.717) is 6.54 Å². The fourth-order valence-corrected chi connectivity index (χ4v) is 3.90. The van der Waals surface area contributed by atoms with Gasteiger partial charge in [0.2, 0.25) is 11.9 Å². The Kier molecular flexibility index (Phi) is 6.61. The molecule has 166 valence electrons. The molecule has 8 heteroatoms. The molecule has 4 rings (SSSR count). The van der Waals surface area contributed by atoms with Crippen molar-refractivity contribution < 1.29 is 4.79 Å². The first-order chi connectivity index (χ1) is 15.5. The minimum absolute atomic E-state index is 0.231. The van der Waals surface area contributed by atoms with Gasteiger partial charge in [-0.05, 0) is 42.8 Å². The Bertz CT molecular complexity index is 1040. The van der Waals surface area contributed by atoms with Gasteiger partial charge in [-0.2, -0.15) is 0 Å². The standard InChI is InChI=1S/C24H29N7O/c1-18-6-7-23(26-13-18)30-8-10-31(11-9-30)24-27-14-21(15-28-24)20-5-3-4-19(12-20)16-29(2)17-22(25)32/h3-7,12-15H,8-11,16-17H2,1-2H3,(H2,25,32). The van der Waals surface area contributed by atoms with Crippen molar-refractivity contribution in [3.05, 3.63) is 66.1 Å². The fraction of sp³-hybridized carbons (Fsp3) is 0.333. The monoisotopic (exact) mass is 431 g/mol. The van der Waals surface area contributed by atoms with Crippen LogP contribution in [0.15, 0.2) is 55.0 Å². The number of amides is 1. The molecule has 2 N–H and O–H groups in total. The summed E-state index contributed by atoms with van der Waals surface area (Å²) in [5.74, 6) is 1.44. The van der Waals surface area contributed by atoms with Gasteiger partial charge in [-0.15, -0.1) is 0 Å². The molecule has 1 fully saturated rings. The molecular weight excluding hydrogens is 402 g/mol. The molecule has 32 heavy (non-hydrogen) atoms. The summed E-state index contributed by atoms with van der Waals surface area (Å²) in [6.07, 6.45) is 5.67. The van der Waals surface area contributed by atoms with Crippen LogP contribution in [0.25, 0.3) is 11.1 Å². The van der Waals surface area contributed by atoms with Crippen LogP contribution in [0.1, 0.15) is 11.1 Å². The molecule has 0 unspecified atom stereocenters. The van der Waals surface area contributed by atoms with Gasteiger partial charge in [-0.25, -0.2) is 15.0 Å². The third-order valence-corrected chi connectivity index (χ3v) is 5.56. The smallest absolute Gasteiger partial charge is 0.231 e. The minimum atomic E-state index is -0.330. The maximum atomic E-state index is 11.1. The van der Waals surface area contributed by atoms with Crippen molar-refractivity contribution in [2.24, 2.45) is 5.73 Å². The zero-order valence-corrected chi connectivity index (χ0v) is 18.6. The summed E-state index contributed by atoms with van der Waals surface area (Å²) in [5.41, 5.74) is 9.58. The molecular formula is C24H29N7O. The van der Waals surface area contributed by atoms with Gasteiger partial charge in [0.05, 0.1) is 6.54 Å². The van der Waals surface area contributed by atoms with E-state index in [1.165, 1.54) is 5.56 Å². The molecule has 1 aromatic carbocycles. The van der Waals surface area contributed by atoms with Gasteiger partial charge in [0, 0.05) is 56.9 Å². The van der Waals surface area contributed by atoms with Gasteiger partial charge in [0.1, 0.15) is 5.82 Å². The number of rotatable bonds is 7. The van der Waals surface area contributed by atoms with Crippen molar-refractivity contribution in [2.45, 2.75) is 13.5 Å². The summed E-state index contributed by atoms with van der Waals surface area (Å²) in [5, 5.41) is 0. The lowest BCUT2D eigenvalue weighted by atomic mass is 10.1. The van der Waals surface area contributed by atoms with E-state index in [1.807, 2.05) is 48.7 Å². The van der Waals surface area contributed by atoms with E-state index in [9.17, 15) is 4.79 Å². The average Bonchev–Trinajstić information content (AvgIpc) is 2.79. The average molecular weight is 432 g/mol. The summed E-state index contributed by atoms with van der Waals surface area (Å²) >= 11 is 0. The molecule has 0 radical (unpaired) electrons. The Hall–Kier alpha value is -3.52. The first kappa shape index (κ1) is 21.7. The molecule has 1 aliphatic heterocycles. The zero-order chi connectivity index (χ0) is 22.5. The highest BCUT2D eigenvalue weighted by Crippen LogP contribution is 2.22. The van der Waals surface area contributed by atoms with E-state index in [4.69, 9.17) is 5.73 Å². The van der Waals surface area contributed by atoms with Crippen LogP contribution >= 0.6 is 0 Å². The highest BCUT2D eigenvalue weighted by molar-refractivity contribution is 5.75. The van der Waals surface area contributed by atoms with Gasteiger partial charge < -0.3 is 15.5 Å². The molecule has 0 spiro atoms. The second-order valence-corrected chi connectivity index (χ2v) is 8.28. The molecule has 3 heterocycles. The largest absolute Gasteiger partial charge is 0.369 e. The van der Waals surface area contributed by atoms with Crippen LogP contribution in [0, 0.1) is 6.92 Å². The topological polar surface area (TPSA) is 91.5 Å². The van der Waals surface area contributed by atoms with Crippen LogP contribution < -0.4 is 15.5 Å². The van der Waals surface area contributed by atoms with Crippen molar-refractivity contribution in [1.82, 2.24) is 19.9 Å². The Labute approximate surface area is 188 Å². The number of hydrogen-bond donors (Lipinski definition) is 1. The summed E-state index contributed by atoms with van der Waals surface area (Å²) in [4.78, 5) is 31.3. The number of carbonyl (C=O) groups is 1. The van der Waals surface area contributed by atoms with Gasteiger partial charge in [0.25, 0.3) is 0 Å².